The van der Waals surface area contributed by atoms with E-state index in [0.29, 0.717) is 0 Å². The molecule has 0 spiro atoms. The summed E-state index contributed by atoms with van der Waals surface area (Å²) in [5.74, 6) is 2.13. The van der Waals surface area contributed by atoms with Crippen LogP contribution in [0.4, 0.5) is 11.4 Å². The molecule has 174 valence electrons. The number of aryl methyl sites for hydroxylation is 1. The van der Waals surface area contributed by atoms with E-state index in [1.54, 1.807) is 6.92 Å². The van der Waals surface area contributed by atoms with E-state index < -0.39 is 6.04 Å². The highest BCUT2D eigenvalue weighted by Crippen LogP contribution is 2.60. The van der Waals surface area contributed by atoms with E-state index in [0.717, 1.165) is 74.4 Å². The topological polar surface area (TPSA) is 64.7 Å². The van der Waals surface area contributed by atoms with Crippen molar-refractivity contribution >= 4 is 23.2 Å². The van der Waals surface area contributed by atoms with Crippen LogP contribution < -0.4 is 15.5 Å². The second kappa shape index (κ2) is 8.36. The number of nitrogens with one attached hydrogen (secondary N) is 2. The van der Waals surface area contributed by atoms with Crippen molar-refractivity contribution in [1.82, 2.24) is 10.2 Å². The Balaban J connectivity index is 1.19. The first-order valence-corrected chi connectivity index (χ1v) is 12.5. The van der Waals surface area contributed by atoms with Gasteiger partial charge >= 0.3 is 0 Å². The Bertz CT molecular complexity index is 855. The van der Waals surface area contributed by atoms with Crippen LogP contribution in [0.25, 0.3) is 0 Å². The van der Waals surface area contributed by atoms with Gasteiger partial charge in [-0.05, 0) is 101 Å². The molecule has 4 bridgehead atoms. The standard InChI is InChI=1S/C26H38N4O2/c1-17-10-22(4-5-23(17)30-8-6-29(3)7-9-30)28-24(31)18(2)27-25(32)26-14-19-11-20(15-26)13-21(12-19)16-26/h4-5,10,18-21H,6-9,11-16H2,1-3H3,(H,27,32)(H,28,31). The van der Waals surface area contributed by atoms with Crippen LogP contribution in [0.1, 0.15) is 51.0 Å². The lowest BCUT2D eigenvalue weighted by Gasteiger charge is -2.55. The third kappa shape index (κ3) is 4.14. The van der Waals surface area contributed by atoms with E-state index in [2.05, 4.69) is 40.5 Å². The van der Waals surface area contributed by atoms with Gasteiger partial charge in [0.25, 0.3) is 0 Å². The highest BCUT2D eigenvalue weighted by Gasteiger charge is 2.54. The van der Waals surface area contributed by atoms with Crippen LogP contribution in [-0.4, -0.2) is 56.0 Å². The SMILES string of the molecule is Cc1cc(NC(=O)C(C)NC(=O)C23CC4CC(CC(C4)C2)C3)ccc1N1CCN(C)CC1. The van der Waals surface area contributed by atoms with E-state index in [1.165, 1.54) is 24.9 Å². The number of hydrogen-bond acceptors (Lipinski definition) is 4. The molecule has 2 N–H and O–H groups in total. The minimum absolute atomic E-state index is 0.112. The lowest BCUT2D eigenvalue weighted by molar-refractivity contribution is -0.147. The Kier molecular flexibility index (Phi) is 5.68. The maximum Gasteiger partial charge on any atom is 0.246 e. The van der Waals surface area contributed by atoms with Crippen molar-refractivity contribution in [2.45, 2.75) is 58.4 Å². The number of hydrogen-bond donors (Lipinski definition) is 2. The first kappa shape index (κ1) is 21.7. The summed E-state index contributed by atoms with van der Waals surface area (Å²) < 4.78 is 0. The van der Waals surface area contributed by atoms with Gasteiger partial charge in [0.1, 0.15) is 6.04 Å². The number of likely N-dealkylation sites (N-methyl/N-ethyl adjacent to an activating group) is 1. The summed E-state index contributed by atoms with van der Waals surface area (Å²) in [5, 5.41) is 6.09. The number of rotatable bonds is 5. The summed E-state index contributed by atoms with van der Waals surface area (Å²) in [6, 6.07) is 5.59. The molecule has 4 aliphatic carbocycles. The van der Waals surface area contributed by atoms with Gasteiger partial charge in [-0.25, -0.2) is 0 Å². The molecule has 1 saturated heterocycles. The van der Waals surface area contributed by atoms with Crippen LogP contribution in [0.3, 0.4) is 0 Å². The summed E-state index contributed by atoms with van der Waals surface area (Å²) in [7, 11) is 2.16. The lowest BCUT2D eigenvalue weighted by Crippen LogP contribution is -2.56. The predicted molar refractivity (Wildman–Crippen MR) is 128 cm³/mol. The molecule has 6 nitrogen and oxygen atoms in total. The zero-order chi connectivity index (χ0) is 22.5. The number of nitrogens with zero attached hydrogens (tertiary/aromatic N) is 2. The fourth-order valence-corrected chi connectivity index (χ4v) is 7.19. The van der Waals surface area contributed by atoms with Crippen LogP contribution in [0, 0.1) is 30.1 Å². The second-order valence-corrected chi connectivity index (χ2v) is 11.2. The maximum atomic E-state index is 13.3. The van der Waals surface area contributed by atoms with Gasteiger partial charge in [0.15, 0.2) is 0 Å². The summed E-state index contributed by atoms with van der Waals surface area (Å²) in [4.78, 5) is 30.9. The first-order chi connectivity index (χ1) is 15.3. The number of amides is 2. The average molecular weight is 439 g/mol. The molecule has 6 rings (SSSR count). The molecule has 1 heterocycles. The molecule has 2 amide bonds. The molecular weight excluding hydrogens is 400 g/mol. The fourth-order valence-electron chi connectivity index (χ4n) is 7.19. The highest BCUT2D eigenvalue weighted by atomic mass is 16.2. The smallest absolute Gasteiger partial charge is 0.246 e. The Morgan fingerprint density at radius 1 is 1.00 bits per heavy atom. The molecule has 1 unspecified atom stereocenters. The van der Waals surface area contributed by atoms with Crippen molar-refractivity contribution in [3.8, 4) is 0 Å². The quantitative estimate of drug-likeness (QED) is 0.740. The predicted octanol–water partition coefficient (Wildman–Crippen LogP) is 3.41. The molecule has 6 heteroatoms. The highest BCUT2D eigenvalue weighted by molar-refractivity contribution is 5.98. The summed E-state index contributed by atoms with van der Waals surface area (Å²) >= 11 is 0. The summed E-state index contributed by atoms with van der Waals surface area (Å²) in [6.07, 6.45) is 6.99. The van der Waals surface area contributed by atoms with Crippen LogP contribution in [0.5, 0.6) is 0 Å². The van der Waals surface area contributed by atoms with Crippen molar-refractivity contribution in [2.75, 3.05) is 43.4 Å². The summed E-state index contributed by atoms with van der Waals surface area (Å²) in [5.41, 5.74) is 2.97. The maximum absolute atomic E-state index is 13.3. The lowest BCUT2D eigenvalue weighted by atomic mass is 9.49. The number of anilines is 2. The molecule has 4 saturated carbocycles. The van der Waals surface area contributed by atoms with Gasteiger partial charge in [0, 0.05) is 43.0 Å². The van der Waals surface area contributed by atoms with Crippen molar-refractivity contribution in [2.24, 2.45) is 23.2 Å². The van der Waals surface area contributed by atoms with Crippen molar-refractivity contribution in [1.29, 1.82) is 0 Å². The minimum Gasteiger partial charge on any atom is -0.369 e. The van der Waals surface area contributed by atoms with E-state index >= 15 is 0 Å². The molecule has 1 aromatic carbocycles. The summed E-state index contributed by atoms with van der Waals surface area (Å²) in [6.45, 7) is 8.09. The average Bonchev–Trinajstić information content (AvgIpc) is 2.73. The zero-order valence-electron chi connectivity index (χ0n) is 19.8. The van der Waals surface area contributed by atoms with Gasteiger partial charge in [0.05, 0.1) is 0 Å². The Labute approximate surface area is 192 Å². The molecule has 1 atom stereocenters. The van der Waals surface area contributed by atoms with Gasteiger partial charge in [-0.3, -0.25) is 9.59 Å². The van der Waals surface area contributed by atoms with E-state index in [-0.39, 0.29) is 17.2 Å². The van der Waals surface area contributed by atoms with Crippen LogP contribution in [0.2, 0.25) is 0 Å². The van der Waals surface area contributed by atoms with Gasteiger partial charge in [-0.2, -0.15) is 0 Å². The van der Waals surface area contributed by atoms with Crippen LogP contribution >= 0.6 is 0 Å². The van der Waals surface area contributed by atoms with E-state index in [1.807, 2.05) is 12.1 Å². The number of benzene rings is 1. The Morgan fingerprint density at radius 3 is 2.16 bits per heavy atom. The third-order valence-corrected chi connectivity index (χ3v) is 8.57. The van der Waals surface area contributed by atoms with Crippen LogP contribution in [-0.2, 0) is 9.59 Å². The normalized spacial score (nSPS) is 32.6. The van der Waals surface area contributed by atoms with Crippen molar-refractivity contribution < 1.29 is 9.59 Å². The number of carbonyl (C=O) groups is 2. The van der Waals surface area contributed by atoms with Gasteiger partial charge in [0.2, 0.25) is 11.8 Å². The Hall–Kier alpha value is -2.08. The molecular formula is C26H38N4O2. The van der Waals surface area contributed by atoms with Crippen LogP contribution in [0.15, 0.2) is 18.2 Å². The van der Waals surface area contributed by atoms with Crippen molar-refractivity contribution in [3.63, 3.8) is 0 Å². The van der Waals surface area contributed by atoms with E-state index in [4.69, 9.17) is 0 Å². The van der Waals surface area contributed by atoms with Gasteiger partial charge < -0.3 is 20.4 Å². The Morgan fingerprint density at radius 2 is 1.59 bits per heavy atom. The molecule has 1 aliphatic heterocycles. The molecule has 5 aliphatic rings. The molecule has 1 aromatic rings. The first-order valence-electron chi connectivity index (χ1n) is 12.5. The molecule has 0 aromatic heterocycles. The second-order valence-electron chi connectivity index (χ2n) is 11.2. The molecule has 0 radical (unpaired) electrons. The largest absolute Gasteiger partial charge is 0.369 e. The number of carbonyl (C=O) groups excluding carboxylic acids is 2. The number of piperazine rings is 1. The molecule has 32 heavy (non-hydrogen) atoms. The van der Waals surface area contributed by atoms with Gasteiger partial charge in [-0.15, -0.1) is 0 Å². The van der Waals surface area contributed by atoms with E-state index in [9.17, 15) is 9.59 Å². The van der Waals surface area contributed by atoms with Crippen molar-refractivity contribution in [3.05, 3.63) is 23.8 Å². The minimum atomic E-state index is -0.534. The monoisotopic (exact) mass is 438 g/mol. The van der Waals surface area contributed by atoms with Gasteiger partial charge in [-0.1, -0.05) is 0 Å². The molecule has 5 fully saturated rings. The fraction of sp³-hybridized carbons (Fsp3) is 0.692. The third-order valence-electron chi connectivity index (χ3n) is 8.57. The zero-order valence-corrected chi connectivity index (χ0v) is 19.8.